The Labute approximate surface area is 254 Å². The Morgan fingerprint density at radius 2 is 1.77 bits per heavy atom. The Morgan fingerprint density at radius 1 is 1.02 bits per heavy atom. The van der Waals surface area contributed by atoms with Crippen LogP contribution in [0.2, 0.25) is 0 Å². The minimum Gasteiger partial charge on any atom is -0.494 e. The highest BCUT2D eigenvalue weighted by molar-refractivity contribution is 5.94. The van der Waals surface area contributed by atoms with Crippen LogP contribution in [0, 0.1) is 12.8 Å². The van der Waals surface area contributed by atoms with Crippen LogP contribution in [-0.2, 0) is 22.6 Å². The third-order valence-electron chi connectivity index (χ3n) is 7.80. The van der Waals surface area contributed by atoms with Crippen LogP contribution in [-0.4, -0.2) is 63.1 Å². The lowest BCUT2D eigenvalue weighted by molar-refractivity contribution is -0.130. The van der Waals surface area contributed by atoms with Crippen molar-refractivity contribution in [3.8, 4) is 5.75 Å². The number of fused-ring (bicyclic) bond motifs is 1. The first kappa shape index (κ1) is 31.7. The fourth-order valence-electron chi connectivity index (χ4n) is 5.22. The molecular weight excluding hydrogens is 544 g/mol. The van der Waals surface area contributed by atoms with Crippen molar-refractivity contribution in [2.24, 2.45) is 5.92 Å². The smallest absolute Gasteiger partial charge is 0.253 e. The van der Waals surface area contributed by atoms with E-state index >= 15 is 0 Å². The van der Waals surface area contributed by atoms with Crippen LogP contribution in [0.25, 0.3) is 0 Å². The lowest BCUT2D eigenvalue weighted by atomic mass is 9.97. The zero-order valence-corrected chi connectivity index (χ0v) is 25.7. The van der Waals surface area contributed by atoms with E-state index in [0.29, 0.717) is 56.3 Å². The topological polar surface area (TPSA) is 118 Å². The molecule has 1 aromatic heterocycles. The fraction of sp³-hybridized carbons (Fsp3) is 0.485. The summed E-state index contributed by atoms with van der Waals surface area (Å²) >= 11 is 0. The molecule has 3 aromatic rings. The Bertz CT molecular complexity index is 1360. The molecule has 0 radical (unpaired) electrons. The number of aromatic nitrogens is 3. The fourth-order valence-corrected chi connectivity index (χ4v) is 5.22. The molecule has 0 bridgehead atoms. The molecule has 0 unspecified atom stereocenters. The molecule has 3 amide bonds. The molecule has 1 aliphatic rings. The van der Waals surface area contributed by atoms with Crippen molar-refractivity contribution >= 4 is 17.7 Å². The van der Waals surface area contributed by atoms with Gasteiger partial charge in [0, 0.05) is 25.1 Å². The van der Waals surface area contributed by atoms with Gasteiger partial charge in [0.15, 0.2) is 0 Å². The molecule has 0 aliphatic carbocycles. The van der Waals surface area contributed by atoms with Crippen LogP contribution in [0.4, 0.5) is 0 Å². The lowest BCUT2D eigenvalue weighted by Crippen LogP contribution is -2.51. The molecule has 2 N–H and O–H groups in total. The van der Waals surface area contributed by atoms with E-state index in [4.69, 9.17) is 9.72 Å². The van der Waals surface area contributed by atoms with Crippen molar-refractivity contribution in [2.45, 2.75) is 78.4 Å². The van der Waals surface area contributed by atoms with Gasteiger partial charge in [-0.2, -0.15) is 5.10 Å². The summed E-state index contributed by atoms with van der Waals surface area (Å²) in [5, 5.41) is 10.8. The average Bonchev–Trinajstić information content (AvgIpc) is 3.39. The van der Waals surface area contributed by atoms with E-state index in [1.165, 1.54) is 0 Å². The minimum absolute atomic E-state index is 0.0730. The molecule has 0 spiro atoms. The number of hydrogen-bond acceptors (Lipinski definition) is 6. The number of amides is 3. The number of hydrogen-bond donors (Lipinski definition) is 2. The van der Waals surface area contributed by atoms with E-state index in [-0.39, 0.29) is 30.1 Å². The first-order chi connectivity index (χ1) is 20.8. The van der Waals surface area contributed by atoms with Crippen molar-refractivity contribution < 1.29 is 19.1 Å². The molecule has 2 heterocycles. The second-order valence-corrected chi connectivity index (χ2v) is 11.2. The molecule has 0 saturated carbocycles. The summed E-state index contributed by atoms with van der Waals surface area (Å²) in [6.45, 7) is 9.59. The molecule has 2 aromatic carbocycles. The number of aryl methyl sites for hydroxylation is 1. The van der Waals surface area contributed by atoms with Gasteiger partial charge in [-0.05, 0) is 61.9 Å². The van der Waals surface area contributed by atoms with E-state index < -0.39 is 12.1 Å². The zero-order valence-electron chi connectivity index (χ0n) is 25.7. The summed E-state index contributed by atoms with van der Waals surface area (Å²) in [6, 6.07) is 15.9. The Balaban J connectivity index is 1.65. The van der Waals surface area contributed by atoms with Crippen LogP contribution >= 0.6 is 0 Å². The van der Waals surface area contributed by atoms with Crippen molar-refractivity contribution in [3.63, 3.8) is 0 Å². The van der Waals surface area contributed by atoms with Gasteiger partial charge in [0.1, 0.15) is 23.4 Å². The normalized spacial score (nSPS) is 19.0. The van der Waals surface area contributed by atoms with E-state index in [0.717, 1.165) is 24.2 Å². The summed E-state index contributed by atoms with van der Waals surface area (Å²) in [7, 11) is 0. The molecule has 10 nitrogen and oxygen atoms in total. The summed E-state index contributed by atoms with van der Waals surface area (Å²) < 4.78 is 7.48. The highest BCUT2D eigenvalue weighted by atomic mass is 16.5. The van der Waals surface area contributed by atoms with Crippen molar-refractivity contribution in [1.82, 2.24) is 30.3 Å². The Kier molecular flexibility index (Phi) is 11.3. The van der Waals surface area contributed by atoms with Gasteiger partial charge >= 0.3 is 0 Å². The number of nitrogens with one attached hydrogen (secondary N) is 2. The predicted molar refractivity (Wildman–Crippen MR) is 165 cm³/mol. The van der Waals surface area contributed by atoms with Crippen molar-refractivity contribution in [3.05, 3.63) is 77.4 Å². The van der Waals surface area contributed by atoms with Crippen molar-refractivity contribution in [2.75, 3.05) is 19.7 Å². The number of benzene rings is 2. The second-order valence-electron chi connectivity index (χ2n) is 11.2. The summed E-state index contributed by atoms with van der Waals surface area (Å²) in [6.07, 6.45) is 2.79. The van der Waals surface area contributed by atoms with Gasteiger partial charge in [-0.1, -0.05) is 57.5 Å². The number of carbonyl (C=O) groups excluding carboxylic acids is 3. The summed E-state index contributed by atoms with van der Waals surface area (Å²) in [4.78, 5) is 46.9. The number of ether oxygens (including phenoxy) is 1. The van der Waals surface area contributed by atoms with Crippen LogP contribution in [0.3, 0.4) is 0 Å². The largest absolute Gasteiger partial charge is 0.494 e. The molecule has 43 heavy (non-hydrogen) atoms. The summed E-state index contributed by atoms with van der Waals surface area (Å²) in [5.74, 6) is 1.28. The van der Waals surface area contributed by atoms with Crippen LogP contribution in [0.15, 0.2) is 54.6 Å². The molecule has 0 fully saturated rings. The molecule has 4 rings (SSSR count). The monoisotopic (exact) mass is 588 g/mol. The van der Waals surface area contributed by atoms with E-state index in [1.54, 1.807) is 21.7 Å². The first-order valence-electron chi connectivity index (χ1n) is 15.4. The van der Waals surface area contributed by atoms with Crippen LogP contribution in [0.5, 0.6) is 5.75 Å². The van der Waals surface area contributed by atoms with Gasteiger partial charge < -0.3 is 20.3 Å². The number of rotatable bonds is 8. The Morgan fingerprint density at radius 3 is 2.47 bits per heavy atom. The maximum atomic E-state index is 13.7. The van der Waals surface area contributed by atoms with Gasteiger partial charge in [-0.25, -0.2) is 9.67 Å². The quantitative estimate of drug-likeness (QED) is 0.406. The molecule has 3 atom stereocenters. The van der Waals surface area contributed by atoms with Crippen LogP contribution < -0.4 is 15.4 Å². The molecule has 230 valence electrons. The average molecular weight is 589 g/mol. The number of carbonyl (C=O) groups is 3. The van der Waals surface area contributed by atoms with E-state index in [2.05, 4.69) is 15.7 Å². The Hall–Kier alpha value is -4.21. The highest BCUT2D eigenvalue weighted by Gasteiger charge is 2.31. The standard InChI is InChI=1S/C33H44N6O4/c1-5-21-43-27-16-14-26(15-17-27)33(42)38-18-10-13-29(40)36-30(23(3)6-2)32(41)35-28(22-25-11-8-7-9-12-25)31-34-24(4)37-39(31)20-19-38/h7-9,11-12,14-17,23,28,30H,5-6,10,13,18-22H2,1-4H3,(H,35,41)(H,36,40)/t23-,28-,30-/m0/s1. The molecule has 1 aliphatic heterocycles. The highest BCUT2D eigenvalue weighted by Crippen LogP contribution is 2.21. The van der Waals surface area contributed by atoms with Gasteiger partial charge in [0.05, 0.1) is 19.2 Å². The van der Waals surface area contributed by atoms with Crippen LogP contribution in [0.1, 0.15) is 80.1 Å². The molecule has 10 heteroatoms. The van der Waals surface area contributed by atoms with Gasteiger partial charge in [-0.15, -0.1) is 0 Å². The third kappa shape index (κ3) is 8.65. The maximum absolute atomic E-state index is 13.7. The molecule has 0 saturated heterocycles. The predicted octanol–water partition coefficient (Wildman–Crippen LogP) is 4.24. The zero-order chi connectivity index (χ0) is 30.8. The second kappa shape index (κ2) is 15.3. The lowest BCUT2D eigenvalue weighted by Gasteiger charge is -2.28. The number of nitrogens with zero attached hydrogens (tertiary/aromatic N) is 4. The van der Waals surface area contributed by atoms with Gasteiger partial charge in [-0.3, -0.25) is 14.4 Å². The summed E-state index contributed by atoms with van der Waals surface area (Å²) in [5.41, 5.74) is 1.59. The van der Waals surface area contributed by atoms with E-state index in [1.807, 2.05) is 70.2 Å². The first-order valence-corrected chi connectivity index (χ1v) is 15.4. The van der Waals surface area contributed by atoms with Crippen molar-refractivity contribution in [1.29, 1.82) is 0 Å². The third-order valence-corrected chi connectivity index (χ3v) is 7.80. The van der Waals surface area contributed by atoms with Gasteiger partial charge in [0.25, 0.3) is 5.91 Å². The maximum Gasteiger partial charge on any atom is 0.253 e. The van der Waals surface area contributed by atoms with Gasteiger partial charge in [0.2, 0.25) is 11.8 Å². The minimum atomic E-state index is -0.692. The van der Waals surface area contributed by atoms with E-state index in [9.17, 15) is 14.4 Å². The SMILES string of the molecule is CCCOc1ccc(C(=O)N2CCCC(=O)N[C@@H]([C@@H](C)CC)C(=O)N[C@@H](Cc3ccccc3)c3nc(C)nn3CC2)cc1. The molecular formula is C33H44N6O4.